The van der Waals surface area contributed by atoms with Gasteiger partial charge in [0.05, 0.1) is 5.56 Å². The van der Waals surface area contributed by atoms with Crippen LogP contribution in [0.15, 0.2) is 18.2 Å². The zero-order valence-electron chi connectivity index (χ0n) is 7.42. The van der Waals surface area contributed by atoms with Crippen molar-refractivity contribution in [2.24, 2.45) is 0 Å². The molecule has 14 heavy (non-hydrogen) atoms. The molecular weight excluding hydrogens is 205 g/mol. The summed E-state index contributed by atoms with van der Waals surface area (Å²) in [6, 6.07) is 5.50. The molecule has 0 saturated heterocycles. The maximum atomic E-state index is 12.9. The number of hydrogen-bond donors (Lipinski definition) is 0. The maximum absolute atomic E-state index is 12.9. The predicted molar refractivity (Wildman–Crippen MR) is 50.4 cm³/mol. The van der Waals surface area contributed by atoms with E-state index in [1.807, 2.05) is 0 Å². The van der Waals surface area contributed by atoms with Crippen molar-refractivity contribution in [3.8, 4) is 6.07 Å². The van der Waals surface area contributed by atoms with Crippen LogP contribution in [-0.4, -0.2) is 5.78 Å². The van der Waals surface area contributed by atoms with Crippen molar-refractivity contribution in [1.82, 2.24) is 0 Å². The zero-order chi connectivity index (χ0) is 10.7. The third-order valence-corrected chi connectivity index (χ3v) is 2.32. The molecule has 0 aliphatic rings. The van der Waals surface area contributed by atoms with Crippen LogP contribution in [0.3, 0.4) is 0 Å². The van der Waals surface area contributed by atoms with Gasteiger partial charge in [-0.05, 0) is 24.6 Å². The summed E-state index contributed by atoms with van der Waals surface area (Å²) in [5.41, 5.74) is 0.339. The van der Waals surface area contributed by atoms with Crippen molar-refractivity contribution in [2.45, 2.75) is 12.3 Å². The number of rotatable bonds is 2. The smallest absolute Gasteiger partial charge is 0.152 e. The molecule has 0 fully saturated rings. The fourth-order valence-corrected chi connectivity index (χ4v) is 1.16. The van der Waals surface area contributed by atoms with Crippen LogP contribution in [0.4, 0.5) is 4.39 Å². The van der Waals surface area contributed by atoms with Crippen molar-refractivity contribution >= 4 is 17.4 Å². The fraction of sp³-hybridized carbons (Fsp3) is 0.200. The summed E-state index contributed by atoms with van der Waals surface area (Å²) in [4.78, 5) is 10.9. The second-order valence-corrected chi connectivity index (χ2v) is 3.26. The highest BCUT2D eigenvalue weighted by atomic mass is 35.5. The molecule has 2 nitrogen and oxygen atoms in total. The highest BCUT2D eigenvalue weighted by Crippen LogP contribution is 2.23. The molecule has 1 rings (SSSR count). The van der Waals surface area contributed by atoms with Gasteiger partial charge in [-0.1, -0.05) is 6.07 Å². The van der Waals surface area contributed by atoms with Crippen molar-refractivity contribution in [3.05, 3.63) is 35.1 Å². The van der Waals surface area contributed by atoms with E-state index in [1.54, 1.807) is 6.07 Å². The number of halogens is 2. The molecule has 1 atom stereocenters. The molecular formula is C10H7ClFNO. The van der Waals surface area contributed by atoms with Crippen LogP contribution in [0, 0.1) is 17.1 Å². The largest absolute Gasteiger partial charge is 0.298 e. The van der Waals surface area contributed by atoms with Crippen LogP contribution in [0.2, 0.25) is 0 Å². The van der Waals surface area contributed by atoms with Gasteiger partial charge in [-0.25, -0.2) is 4.39 Å². The Hall–Kier alpha value is -1.40. The van der Waals surface area contributed by atoms with Crippen molar-refractivity contribution in [1.29, 1.82) is 5.26 Å². The Bertz CT molecular complexity index is 411. The zero-order valence-corrected chi connectivity index (χ0v) is 8.18. The monoisotopic (exact) mass is 211 g/mol. The lowest BCUT2D eigenvalue weighted by atomic mass is 10.1. The molecule has 1 unspecified atom stereocenters. The summed E-state index contributed by atoms with van der Waals surface area (Å²) in [7, 11) is 0. The van der Waals surface area contributed by atoms with E-state index in [2.05, 4.69) is 0 Å². The first-order valence-corrected chi connectivity index (χ1v) is 4.34. The Kier molecular flexibility index (Phi) is 3.21. The number of nitrogens with zero attached hydrogens (tertiary/aromatic N) is 1. The summed E-state index contributed by atoms with van der Waals surface area (Å²) in [5, 5.41) is 7.73. The van der Waals surface area contributed by atoms with Gasteiger partial charge in [-0.3, -0.25) is 4.79 Å². The number of carbonyl (C=O) groups is 1. The first-order chi connectivity index (χ1) is 6.56. The van der Waals surface area contributed by atoms with E-state index in [0.717, 1.165) is 6.07 Å². The van der Waals surface area contributed by atoms with Crippen LogP contribution in [0.5, 0.6) is 0 Å². The van der Waals surface area contributed by atoms with E-state index < -0.39 is 11.2 Å². The lowest BCUT2D eigenvalue weighted by Gasteiger charge is -2.05. The average molecular weight is 212 g/mol. The van der Waals surface area contributed by atoms with Crippen LogP contribution >= 0.6 is 11.6 Å². The van der Waals surface area contributed by atoms with Crippen LogP contribution in [-0.2, 0) is 4.79 Å². The Morgan fingerprint density at radius 3 is 2.79 bits per heavy atom. The summed E-state index contributed by atoms with van der Waals surface area (Å²) >= 11 is 5.74. The lowest BCUT2D eigenvalue weighted by Crippen LogP contribution is -2.02. The van der Waals surface area contributed by atoms with Crippen molar-refractivity contribution < 1.29 is 9.18 Å². The van der Waals surface area contributed by atoms with Gasteiger partial charge in [-0.2, -0.15) is 5.26 Å². The molecule has 0 aliphatic carbocycles. The number of Topliss-reactive ketones (excluding diaryl/α,β-unsaturated/α-hetero) is 1. The molecule has 0 radical (unpaired) electrons. The Balaban J connectivity index is 3.14. The number of hydrogen-bond acceptors (Lipinski definition) is 2. The minimum Gasteiger partial charge on any atom is -0.298 e. The maximum Gasteiger partial charge on any atom is 0.152 e. The molecule has 0 amide bonds. The first kappa shape index (κ1) is 10.7. The Morgan fingerprint density at radius 1 is 1.64 bits per heavy atom. The number of benzene rings is 1. The Morgan fingerprint density at radius 2 is 2.29 bits per heavy atom. The molecule has 4 heteroatoms. The van der Waals surface area contributed by atoms with Crippen molar-refractivity contribution in [2.75, 3.05) is 0 Å². The van der Waals surface area contributed by atoms with Gasteiger partial charge in [-0.15, -0.1) is 11.6 Å². The van der Waals surface area contributed by atoms with E-state index >= 15 is 0 Å². The third kappa shape index (κ3) is 2.09. The number of ketones is 1. The molecule has 0 saturated carbocycles. The summed E-state index contributed by atoms with van der Waals surface area (Å²) < 4.78 is 12.9. The molecule has 72 valence electrons. The van der Waals surface area contributed by atoms with Crippen LogP contribution in [0.25, 0.3) is 0 Å². The SMILES string of the molecule is CC(=O)C(Cl)c1ccc(F)c(C#N)c1. The molecule has 0 bridgehead atoms. The standard InChI is InChI=1S/C10H7ClFNO/c1-6(14)10(11)7-2-3-9(12)8(4-7)5-13/h2-4,10H,1H3. The van der Waals surface area contributed by atoms with Crippen molar-refractivity contribution in [3.63, 3.8) is 0 Å². The topological polar surface area (TPSA) is 40.9 Å². The van der Waals surface area contributed by atoms with E-state index in [1.165, 1.54) is 19.1 Å². The minimum atomic E-state index is -0.817. The van der Waals surface area contributed by atoms with E-state index in [-0.39, 0.29) is 11.3 Å². The van der Waals surface area contributed by atoms with E-state index in [0.29, 0.717) is 5.56 Å². The van der Waals surface area contributed by atoms with Gasteiger partial charge >= 0.3 is 0 Å². The molecule has 0 aromatic heterocycles. The van der Waals surface area contributed by atoms with Gasteiger partial charge < -0.3 is 0 Å². The summed E-state index contributed by atoms with van der Waals surface area (Å²) in [5.74, 6) is -0.842. The highest BCUT2D eigenvalue weighted by molar-refractivity contribution is 6.30. The van der Waals surface area contributed by atoms with Gasteiger partial charge in [0.2, 0.25) is 0 Å². The average Bonchev–Trinajstić information content (AvgIpc) is 2.17. The van der Waals surface area contributed by atoms with Gasteiger partial charge in [0.1, 0.15) is 17.3 Å². The quantitative estimate of drug-likeness (QED) is 0.706. The predicted octanol–water partition coefficient (Wildman–Crippen LogP) is 2.57. The van der Waals surface area contributed by atoms with Crippen LogP contribution < -0.4 is 0 Å². The van der Waals surface area contributed by atoms with Crippen LogP contribution in [0.1, 0.15) is 23.4 Å². The lowest BCUT2D eigenvalue weighted by molar-refractivity contribution is -0.116. The minimum absolute atomic E-state index is 0.102. The van der Waals surface area contributed by atoms with Gasteiger partial charge in [0.15, 0.2) is 5.78 Å². The molecule has 1 aromatic rings. The second kappa shape index (κ2) is 4.21. The molecule has 0 spiro atoms. The Labute approximate surface area is 85.9 Å². The first-order valence-electron chi connectivity index (χ1n) is 3.90. The fourth-order valence-electron chi connectivity index (χ4n) is 1.02. The molecule has 1 aromatic carbocycles. The molecule has 0 N–H and O–H groups in total. The van der Waals surface area contributed by atoms with Gasteiger partial charge in [0.25, 0.3) is 0 Å². The molecule has 0 heterocycles. The number of alkyl halides is 1. The number of carbonyl (C=O) groups excluding carboxylic acids is 1. The third-order valence-electron chi connectivity index (χ3n) is 1.76. The normalized spacial score (nSPS) is 11.9. The summed E-state index contributed by atoms with van der Waals surface area (Å²) in [6.07, 6.45) is 0. The van der Waals surface area contributed by atoms with Gasteiger partial charge in [0, 0.05) is 0 Å². The van der Waals surface area contributed by atoms with E-state index in [4.69, 9.17) is 16.9 Å². The summed E-state index contributed by atoms with van der Waals surface area (Å²) in [6.45, 7) is 1.34. The second-order valence-electron chi connectivity index (χ2n) is 2.82. The number of nitriles is 1. The highest BCUT2D eigenvalue weighted by Gasteiger charge is 2.14. The molecule has 0 aliphatic heterocycles. The van der Waals surface area contributed by atoms with E-state index in [9.17, 15) is 9.18 Å².